The van der Waals surface area contributed by atoms with Gasteiger partial charge in [0.1, 0.15) is 0 Å². The topological polar surface area (TPSA) is 47.0 Å². The fourth-order valence-corrected chi connectivity index (χ4v) is 4.35. The van der Waals surface area contributed by atoms with Crippen molar-refractivity contribution < 1.29 is 0 Å². The van der Waals surface area contributed by atoms with Crippen LogP contribution in [0.4, 0.5) is 0 Å². The zero-order valence-corrected chi connectivity index (χ0v) is 21.7. The monoisotopic (exact) mass is 542 g/mol. The van der Waals surface area contributed by atoms with Gasteiger partial charge in [0, 0.05) is 58.7 Å². The highest BCUT2D eigenvalue weighted by molar-refractivity contribution is 14.0. The van der Waals surface area contributed by atoms with E-state index in [1.54, 1.807) is 11.3 Å². The minimum atomic E-state index is 0. The fraction of sp³-hybridized carbons (Fsp3) is 0.545. The summed E-state index contributed by atoms with van der Waals surface area (Å²) in [5.74, 6) is 0.891. The number of hydrogen-bond donors (Lipinski definition) is 1. The lowest BCUT2D eigenvalue weighted by Gasteiger charge is -2.34. The van der Waals surface area contributed by atoms with Gasteiger partial charge < -0.3 is 15.1 Å². The van der Waals surface area contributed by atoms with Crippen molar-refractivity contribution in [3.8, 4) is 0 Å². The summed E-state index contributed by atoms with van der Waals surface area (Å²) in [7, 11) is 3.90. The number of likely N-dealkylation sites (N-methyl/N-ethyl adjacent to an activating group) is 1. The number of rotatable bonds is 7. The van der Waals surface area contributed by atoms with Crippen LogP contribution in [0.2, 0.25) is 0 Å². The molecule has 0 unspecified atom stereocenters. The van der Waals surface area contributed by atoms with Crippen LogP contribution in [0.3, 0.4) is 0 Å². The lowest BCUT2D eigenvalue weighted by molar-refractivity contribution is 0.131. The highest BCUT2D eigenvalue weighted by Crippen LogP contribution is 2.14. The first-order chi connectivity index (χ1) is 14.1. The van der Waals surface area contributed by atoms with E-state index < -0.39 is 0 Å². The van der Waals surface area contributed by atoms with Crippen molar-refractivity contribution in [1.82, 2.24) is 25.0 Å². The lowest BCUT2D eigenvalue weighted by atomic mass is 10.1. The minimum absolute atomic E-state index is 0. The molecule has 3 rings (SSSR count). The number of aryl methyl sites for hydroxylation is 1. The summed E-state index contributed by atoms with van der Waals surface area (Å²) in [5, 5.41) is 6.75. The van der Waals surface area contributed by atoms with E-state index in [9.17, 15) is 0 Å². The minimum Gasteiger partial charge on any atom is -0.352 e. The molecule has 1 aliphatic rings. The predicted octanol–water partition coefficient (Wildman–Crippen LogP) is 3.41. The second-order valence-electron chi connectivity index (χ2n) is 7.59. The Morgan fingerprint density at radius 1 is 1.17 bits per heavy atom. The van der Waals surface area contributed by atoms with Crippen molar-refractivity contribution in [3.05, 3.63) is 51.5 Å². The number of halogens is 1. The van der Waals surface area contributed by atoms with Gasteiger partial charge >= 0.3 is 0 Å². The average Bonchev–Trinajstić information content (AvgIpc) is 3.14. The number of piperazine rings is 1. The molecule has 2 heterocycles. The Morgan fingerprint density at radius 2 is 1.83 bits per heavy atom. The molecule has 166 valence electrons. The van der Waals surface area contributed by atoms with E-state index in [1.165, 1.54) is 24.2 Å². The van der Waals surface area contributed by atoms with Gasteiger partial charge in [-0.2, -0.15) is 0 Å². The van der Waals surface area contributed by atoms with E-state index in [0.717, 1.165) is 55.9 Å². The first-order valence-corrected chi connectivity index (χ1v) is 11.3. The Morgan fingerprint density at radius 3 is 2.43 bits per heavy atom. The molecule has 8 heteroatoms. The number of nitrogens with one attached hydrogen (secondary N) is 1. The molecule has 1 aliphatic heterocycles. The Bertz CT molecular complexity index is 800. The van der Waals surface area contributed by atoms with Crippen LogP contribution < -0.4 is 5.32 Å². The first kappa shape index (κ1) is 25.0. The van der Waals surface area contributed by atoms with Crippen LogP contribution >= 0.6 is 35.3 Å². The lowest BCUT2D eigenvalue weighted by Crippen LogP contribution is -2.45. The van der Waals surface area contributed by atoms with Crippen molar-refractivity contribution >= 4 is 41.3 Å². The largest absolute Gasteiger partial charge is 0.352 e. The van der Waals surface area contributed by atoms with Crippen molar-refractivity contribution in [2.45, 2.75) is 33.5 Å². The number of thiazole rings is 1. The molecule has 1 fully saturated rings. The molecule has 2 aromatic rings. The van der Waals surface area contributed by atoms with E-state index in [0.29, 0.717) is 0 Å². The summed E-state index contributed by atoms with van der Waals surface area (Å²) in [6.45, 7) is 12.6. The smallest absolute Gasteiger partial charge is 0.194 e. The summed E-state index contributed by atoms with van der Waals surface area (Å²) < 4.78 is 0. The molecule has 0 atom stereocenters. The molecule has 1 saturated heterocycles. The zero-order chi connectivity index (χ0) is 20.6. The standard InChI is InChI=1S/C22H34N6S.HI/c1-5-27-10-12-28(13-11-27)15-20-9-7-6-8-19(20)14-24-22(23-3)26(4)16-21-17-29-18(2)25-21;/h6-9,17H,5,10-16H2,1-4H3,(H,23,24);1H. The number of aliphatic imine (C=N–C) groups is 1. The van der Waals surface area contributed by atoms with Crippen LogP contribution in [-0.2, 0) is 19.6 Å². The molecule has 0 radical (unpaired) electrons. The zero-order valence-electron chi connectivity index (χ0n) is 18.6. The SMILES string of the molecule is CCN1CCN(Cc2ccccc2CNC(=NC)N(C)Cc2csc(C)n2)CC1.I. The number of nitrogens with zero attached hydrogens (tertiary/aromatic N) is 5. The van der Waals surface area contributed by atoms with Gasteiger partial charge in [-0.15, -0.1) is 35.3 Å². The number of benzene rings is 1. The number of aromatic nitrogens is 1. The van der Waals surface area contributed by atoms with Gasteiger partial charge in [-0.05, 0) is 24.6 Å². The normalized spacial score (nSPS) is 15.7. The number of hydrogen-bond acceptors (Lipinski definition) is 5. The second-order valence-corrected chi connectivity index (χ2v) is 8.66. The van der Waals surface area contributed by atoms with Gasteiger partial charge in [-0.1, -0.05) is 31.2 Å². The van der Waals surface area contributed by atoms with Crippen LogP contribution in [0.5, 0.6) is 0 Å². The molecular weight excluding hydrogens is 507 g/mol. The van der Waals surface area contributed by atoms with Gasteiger partial charge in [0.05, 0.1) is 17.2 Å². The first-order valence-electron chi connectivity index (χ1n) is 10.4. The molecule has 1 N–H and O–H groups in total. The Kier molecular flexibility index (Phi) is 10.5. The predicted molar refractivity (Wildman–Crippen MR) is 138 cm³/mol. The Labute approximate surface area is 202 Å². The Hall–Kier alpha value is -1.23. The molecule has 0 amide bonds. The molecule has 6 nitrogen and oxygen atoms in total. The maximum Gasteiger partial charge on any atom is 0.194 e. The molecular formula is C22H35IN6S. The third kappa shape index (κ3) is 7.18. The second kappa shape index (κ2) is 12.6. The fourth-order valence-electron chi connectivity index (χ4n) is 3.75. The van der Waals surface area contributed by atoms with Gasteiger partial charge in [0.15, 0.2) is 5.96 Å². The quantitative estimate of drug-likeness (QED) is 0.330. The van der Waals surface area contributed by atoms with Crippen LogP contribution in [0, 0.1) is 6.92 Å². The van der Waals surface area contributed by atoms with Crippen LogP contribution in [0.15, 0.2) is 34.6 Å². The third-order valence-corrected chi connectivity index (χ3v) is 6.32. The molecule has 1 aromatic carbocycles. The van der Waals surface area contributed by atoms with Gasteiger partial charge in [0.2, 0.25) is 0 Å². The summed E-state index contributed by atoms with van der Waals surface area (Å²) in [5.41, 5.74) is 3.83. The summed E-state index contributed by atoms with van der Waals surface area (Å²) in [6.07, 6.45) is 0. The van der Waals surface area contributed by atoms with Crippen LogP contribution in [0.25, 0.3) is 0 Å². The van der Waals surface area contributed by atoms with Crippen molar-refractivity contribution in [2.75, 3.05) is 46.8 Å². The van der Waals surface area contributed by atoms with Crippen molar-refractivity contribution in [2.24, 2.45) is 4.99 Å². The van der Waals surface area contributed by atoms with E-state index in [1.807, 2.05) is 14.0 Å². The maximum atomic E-state index is 4.56. The van der Waals surface area contributed by atoms with Gasteiger partial charge in [-0.25, -0.2) is 4.98 Å². The molecule has 0 bridgehead atoms. The maximum absolute atomic E-state index is 4.56. The van der Waals surface area contributed by atoms with E-state index in [4.69, 9.17) is 0 Å². The average molecular weight is 543 g/mol. The molecule has 0 spiro atoms. The van der Waals surface area contributed by atoms with Crippen molar-refractivity contribution in [1.29, 1.82) is 0 Å². The highest BCUT2D eigenvalue weighted by Gasteiger charge is 2.17. The summed E-state index contributed by atoms with van der Waals surface area (Å²) in [4.78, 5) is 16.2. The molecule has 0 saturated carbocycles. The number of guanidine groups is 1. The molecule has 0 aliphatic carbocycles. The van der Waals surface area contributed by atoms with Crippen LogP contribution in [-0.4, -0.2) is 72.5 Å². The molecule has 30 heavy (non-hydrogen) atoms. The van der Waals surface area contributed by atoms with Crippen molar-refractivity contribution in [3.63, 3.8) is 0 Å². The Balaban J connectivity index is 0.00000320. The van der Waals surface area contributed by atoms with Gasteiger partial charge in [-0.3, -0.25) is 9.89 Å². The van der Waals surface area contributed by atoms with E-state index in [2.05, 4.69) is 73.6 Å². The van der Waals surface area contributed by atoms with E-state index in [-0.39, 0.29) is 24.0 Å². The highest BCUT2D eigenvalue weighted by atomic mass is 127. The summed E-state index contributed by atoms with van der Waals surface area (Å²) >= 11 is 1.69. The van der Waals surface area contributed by atoms with Gasteiger partial charge in [0.25, 0.3) is 0 Å². The summed E-state index contributed by atoms with van der Waals surface area (Å²) in [6, 6.07) is 8.75. The van der Waals surface area contributed by atoms with E-state index >= 15 is 0 Å². The molecule has 1 aromatic heterocycles. The van der Waals surface area contributed by atoms with Crippen LogP contribution in [0.1, 0.15) is 28.8 Å². The third-order valence-electron chi connectivity index (χ3n) is 5.50.